The number of hydrogen-bond donors (Lipinski definition) is 0. The van der Waals surface area contributed by atoms with Crippen LogP contribution in [0, 0.1) is 6.92 Å². The van der Waals surface area contributed by atoms with E-state index >= 15 is 0 Å². The van der Waals surface area contributed by atoms with Gasteiger partial charge in [0.25, 0.3) is 10.0 Å². The third-order valence-corrected chi connectivity index (χ3v) is 7.20. The molecule has 0 aliphatic carbocycles. The Hall–Kier alpha value is -2.06. The Morgan fingerprint density at radius 3 is 2.23 bits per heavy atom. The van der Waals surface area contributed by atoms with Crippen LogP contribution in [0.3, 0.4) is 0 Å². The number of anilines is 1. The van der Waals surface area contributed by atoms with Gasteiger partial charge in [0.05, 0.1) is 11.3 Å². The molecule has 0 bridgehead atoms. The van der Waals surface area contributed by atoms with Gasteiger partial charge in [0.1, 0.15) is 5.00 Å². The Labute approximate surface area is 153 Å². The number of alkyl halides is 3. The Kier molecular flexibility index (Phi) is 4.98. The number of thiophene rings is 1. The summed E-state index contributed by atoms with van der Waals surface area (Å²) in [6.45, 7) is 1.07. The van der Waals surface area contributed by atoms with Crippen molar-refractivity contribution >= 4 is 36.4 Å². The lowest BCUT2D eigenvalue weighted by molar-refractivity contribution is -0.131. The summed E-state index contributed by atoms with van der Waals surface area (Å²) in [5, 5.41) is 1.16. The van der Waals surface area contributed by atoms with Gasteiger partial charge in [-0.15, -0.1) is 11.3 Å². The van der Waals surface area contributed by atoms with Crippen LogP contribution >= 0.6 is 11.3 Å². The van der Waals surface area contributed by atoms with Crippen LogP contribution < -0.4 is 4.31 Å². The number of rotatable bonds is 5. The molecule has 0 saturated heterocycles. The SMILES string of the molecule is Cc1c(N(CCC(F)(F)F)S(=O)(=O)c2ccccc2)sc2ccccc12. The molecule has 3 nitrogen and oxygen atoms in total. The Balaban J connectivity index is 2.13. The summed E-state index contributed by atoms with van der Waals surface area (Å²) < 4.78 is 66.2. The van der Waals surface area contributed by atoms with E-state index in [0.717, 1.165) is 14.4 Å². The lowest BCUT2D eigenvalue weighted by atomic mass is 10.2. The van der Waals surface area contributed by atoms with E-state index in [9.17, 15) is 21.6 Å². The van der Waals surface area contributed by atoms with Gasteiger partial charge in [-0.3, -0.25) is 4.31 Å². The summed E-state index contributed by atoms with van der Waals surface area (Å²) in [6.07, 6.45) is -5.66. The van der Waals surface area contributed by atoms with Crippen molar-refractivity contribution in [1.82, 2.24) is 0 Å². The normalized spacial score (nSPS) is 12.5. The zero-order chi connectivity index (χ0) is 18.9. The van der Waals surface area contributed by atoms with E-state index in [1.807, 2.05) is 24.3 Å². The molecule has 0 radical (unpaired) electrons. The summed E-state index contributed by atoms with van der Waals surface area (Å²) in [7, 11) is -4.10. The highest BCUT2D eigenvalue weighted by Crippen LogP contribution is 2.40. The van der Waals surface area contributed by atoms with Gasteiger partial charge in [-0.2, -0.15) is 13.2 Å². The summed E-state index contributed by atoms with van der Waals surface area (Å²) >= 11 is 1.18. The second-order valence-corrected chi connectivity index (χ2v) is 8.68. The van der Waals surface area contributed by atoms with Crippen LogP contribution in [0.15, 0.2) is 59.5 Å². The van der Waals surface area contributed by atoms with E-state index in [1.54, 1.807) is 25.1 Å². The molecule has 1 aromatic heterocycles. The second kappa shape index (κ2) is 6.92. The molecule has 0 spiro atoms. The van der Waals surface area contributed by atoms with Crippen LogP contribution in [-0.2, 0) is 10.0 Å². The van der Waals surface area contributed by atoms with Crippen molar-refractivity contribution < 1.29 is 21.6 Å². The van der Waals surface area contributed by atoms with E-state index in [2.05, 4.69) is 0 Å². The quantitative estimate of drug-likeness (QED) is 0.579. The molecular weight excluding hydrogens is 383 g/mol. The fourth-order valence-electron chi connectivity index (χ4n) is 2.68. The number of benzene rings is 2. The highest BCUT2D eigenvalue weighted by atomic mass is 32.2. The molecule has 0 atom stereocenters. The van der Waals surface area contributed by atoms with Crippen LogP contribution in [-0.4, -0.2) is 21.1 Å². The van der Waals surface area contributed by atoms with Gasteiger partial charge < -0.3 is 0 Å². The number of fused-ring (bicyclic) bond motifs is 1. The van der Waals surface area contributed by atoms with Crippen molar-refractivity contribution in [2.45, 2.75) is 24.4 Å². The van der Waals surface area contributed by atoms with Crippen LogP contribution in [0.4, 0.5) is 18.2 Å². The first-order valence-corrected chi connectivity index (χ1v) is 10.1. The van der Waals surface area contributed by atoms with Crippen molar-refractivity contribution in [1.29, 1.82) is 0 Å². The van der Waals surface area contributed by atoms with Crippen LogP contribution in [0.25, 0.3) is 10.1 Å². The minimum atomic E-state index is -4.45. The molecule has 2 aromatic carbocycles. The van der Waals surface area contributed by atoms with Crippen LogP contribution in [0.5, 0.6) is 0 Å². The van der Waals surface area contributed by atoms with Crippen molar-refractivity contribution in [3.8, 4) is 0 Å². The largest absolute Gasteiger partial charge is 0.390 e. The molecule has 8 heteroatoms. The first kappa shape index (κ1) is 18.7. The molecule has 26 heavy (non-hydrogen) atoms. The van der Waals surface area contributed by atoms with Crippen molar-refractivity contribution in [3.63, 3.8) is 0 Å². The van der Waals surface area contributed by atoms with E-state index in [0.29, 0.717) is 10.6 Å². The molecule has 3 rings (SSSR count). The number of aryl methyl sites for hydroxylation is 1. The zero-order valence-electron chi connectivity index (χ0n) is 13.8. The first-order chi connectivity index (χ1) is 12.2. The monoisotopic (exact) mass is 399 g/mol. The van der Waals surface area contributed by atoms with Gasteiger partial charge in [-0.1, -0.05) is 36.4 Å². The Bertz CT molecular complexity index is 1010. The standard InChI is InChI=1S/C18H16F3NO2S2/c1-13-15-9-5-6-10-16(15)25-17(13)22(12-11-18(19,20)21)26(23,24)14-7-3-2-4-8-14/h2-10H,11-12H2,1H3. The summed E-state index contributed by atoms with van der Waals surface area (Å²) in [5.41, 5.74) is 0.660. The molecular formula is C18H16F3NO2S2. The molecule has 138 valence electrons. The maximum atomic E-state index is 13.0. The topological polar surface area (TPSA) is 37.4 Å². The van der Waals surface area contributed by atoms with E-state index in [1.165, 1.54) is 23.5 Å². The van der Waals surface area contributed by atoms with Gasteiger partial charge in [-0.05, 0) is 36.1 Å². The molecule has 3 aromatic rings. The molecule has 0 fully saturated rings. The number of hydrogen-bond acceptors (Lipinski definition) is 3. The van der Waals surface area contributed by atoms with Gasteiger partial charge in [0, 0.05) is 11.2 Å². The van der Waals surface area contributed by atoms with E-state index in [4.69, 9.17) is 0 Å². The van der Waals surface area contributed by atoms with Crippen molar-refractivity contribution in [2.24, 2.45) is 0 Å². The molecule has 0 N–H and O–H groups in total. The van der Waals surface area contributed by atoms with E-state index < -0.39 is 29.2 Å². The number of sulfonamides is 1. The average Bonchev–Trinajstić information content (AvgIpc) is 2.92. The van der Waals surface area contributed by atoms with Crippen molar-refractivity contribution in [2.75, 3.05) is 10.8 Å². The van der Waals surface area contributed by atoms with Gasteiger partial charge in [0.15, 0.2) is 0 Å². The Morgan fingerprint density at radius 2 is 1.62 bits per heavy atom. The maximum Gasteiger partial charge on any atom is 0.390 e. The zero-order valence-corrected chi connectivity index (χ0v) is 15.5. The molecule has 1 heterocycles. The number of halogens is 3. The lowest BCUT2D eigenvalue weighted by Crippen LogP contribution is -2.34. The predicted octanol–water partition coefficient (Wildman–Crippen LogP) is 5.36. The third kappa shape index (κ3) is 3.71. The molecule has 0 aliphatic rings. The molecule has 0 saturated carbocycles. The highest BCUT2D eigenvalue weighted by Gasteiger charge is 2.34. The van der Waals surface area contributed by atoms with Crippen LogP contribution in [0.2, 0.25) is 0 Å². The van der Waals surface area contributed by atoms with Gasteiger partial charge in [-0.25, -0.2) is 8.42 Å². The average molecular weight is 399 g/mol. The summed E-state index contributed by atoms with van der Waals surface area (Å²) in [4.78, 5) is -0.0287. The predicted molar refractivity (Wildman–Crippen MR) is 98.2 cm³/mol. The highest BCUT2D eigenvalue weighted by molar-refractivity contribution is 7.93. The summed E-state index contributed by atoms with van der Waals surface area (Å²) in [5.74, 6) is 0. The summed E-state index contributed by atoms with van der Waals surface area (Å²) in [6, 6.07) is 14.8. The maximum absolute atomic E-state index is 13.0. The number of nitrogens with zero attached hydrogens (tertiary/aromatic N) is 1. The Morgan fingerprint density at radius 1 is 1.00 bits per heavy atom. The second-order valence-electron chi connectivity index (χ2n) is 5.78. The smallest absolute Gasteiger partial charge is 0.256 e. The molecule has 0 aliphatic heterocycles. The first-order valence-electron chi connectivity index (χ1n) is 7.83. The molecule has 0 amide bonds. The van der Waals surface area contributed by atoms with Crippen molar-refractivity contribution in [3.05, 3.63) is 60.2 Å². The van der Waals surface area contributed by atoms with E-state index in [-0.39, 0.29) is 4.90 Å². The fourth-order valence-corrected chi connectivity index (χ4v) is 5.67. The van der Waals surface area contributed by atoms with Crippen LogP contribution in [0.1, 0.15) is 12.0 Å². The lowest BCUT2D eigenvalue weighted by Gasteiger charge is -2.24. The van der Waals surface area contributed by atoms with Gasteiger partial charge >= 0.3 is 6.18 Å². The fraction of sp³-hybridized carbons (Fsp3) is 0.222. The minimum absolute atomic E-state index is 0.0287. The third-order valence-electron chi connectivity index (χ3n) is 3.97. The minimum Gasteiger partial charge on any atom is -0.256 e. The van der Waals surface area contributed by atoms with Gasteiger partial charge in [0.2, 0.25) is 0 Å². The molecule has 0 unspecified atom stereocenters.